The van der Waals surface area contributed by atoms with Crippen molar-refractivity contribution in [3.8, 4) is 0 Å². The molecule has 1 aromatic rings. The molecule has 0 spiro atoms. The van der Waals surface area contributed by atoms with Crippen molar-refractivity contribution in [2.75, 3.05) is 26.2 Å². The van der Waals surface area contributed by atoms with E-state index in [4.69, 9.17) is 5.11 Å². The minimum atomic E-state index is -0.800. The number of carbonyl (C=O) groups is 1. The Hall–Kier alpha value is -1.08. The van der Waals surface area contributed by atoms with Gasteiger partial charge in [-0.2, -0.15) is 5.10 Å². The van der Waals surface area contributed by atoms with Gasteiger partial charge in [-0.15, -0.1) is 0 Å². The van der Waals surface area contributed by atoms with E-state index in [1.165, 1.54) is 4.90 Å². The Labute approximate surface area is 120 Å². The van der Waals surface area contributed by atoms with Crippen LogP contribution in [0.4, 0.5) is 4.79 Å². The van der Waals surface area contributed by atoms with Crippen molar-refractivity contribution in [1.29, 1.82) is 0 Å². The van der Waals surface area contributed by atoms with E-state index in [-0.39, 0.29) is 0 Å². The fraction of sp³-hybridized carbons (Fsp3) is 0.667. The Morgan fingerprint density at radius 2 is 2.16 bits per heavy atom. The van der Waals surface area contributed by atoms with E-state index in [2.05, 4.69) is 37.5 Å². The van der Waals surface area contributed by atoms with E-state index in [9.17, 15) is 4.79 Å². The van der Waals surface area contributed by atoms with E-state index in [1.807, 2.05) is 6.20 Å². The molecule has 104 valence electrons. The molecule has 1 atom stereocenters. The van der Waals surface area contributed by atoms with Gasteiger partial charge in [0.2, 0.25) is 0 Å². The number of carboxylic acid groups (broad SMARTS) is 1. The summed E-state index contributed by atoms with van der Waals surface area (Å²) in [6.45, 7) is 5.29. The van der Waals surface area contributed by atoms with Crippen molar-refractivity contribution in [3.63, 3.8) is 0 Å². The first-order chi connectivity index (χ1) is 9.06. The summed E-state index contributed by atoms with van der Waals surface area (Å²) in [5, 5.41) is 13.3. The fourth-order valence-corrected chi connectivity index (χ4v) is 3.20. The number of halogens is 1. The molecule has 2 aliphatic heterocycles. The molecule has 0 aliphatic carbocycles. The van der Waals surface area contributed by atoms with Crippen molar-refractivity contribution in [3.05, 3.63) is 16.4 Å². The molecule has 0 radical (unpaired) electrons. The number of likely N-dealkylation sites (tertiary alicyclic amines) is 2. The average molecular weight is 329 g/mol. The molecule has 1 aromatic heterocycles. The summed E-state index contributed by atoms with van der Waals surface area (Å²) in [6.07, 6.45) is 1.98. The van der Waals surface area contributed by atoms with Crippen LogP contribution in [-0.2, 0) is 0 Å². The third-order valence-electron chi connectivity index (χ3n) is 4.17. The molecule has 2 saturated heterocycles. The number of hydrogen-bond acceptors (Lipinski definition) is 3. The number of rotatable bonds is 2. The van der Waals surface area contributed by atoms with E-state index in [0.717, 1.165) is 29.7 Å². The van der Waals surface area contributed by atoms with Crippen LogP contribution in [0.2, 0.25) is 0 Å². The lowest BCUT2D eigenvalue weighted by molar-refractivity contribution is 0.0546. The lowest BCUT2D eigenvalue weighted by Gasteiger charge is -2.43. The molecule has 3 rings (SSSR count). The molecule has 0 saturated carbocycles. The van der Waals surface area contributed by atoms with Gasteiger partial charge in [-0.25, -0.2) is 4.79 Å². The first kappa shape index (κ1) is 12.9. The SMILES string of the molecule is Cc1c(Br)cnn1C1CN(C2CCN(C(=O)O)C2)C1. The van der Waals surface area contributed by atoms with Crippen LogP contribution in [0.15, 0.2) is 10.7 Å². The maximum absolute atomic E-state index is 10.9. The molecule has 3 heterocycles. The Bertz CT molecular complexity index is 498. The number of amides is 1. The van der Waals surface area contributed by atoms with Crippen molar-refractivity contribution < 1.29 is 9.90 Å². The normalized spacial score (nSPS) is 24.7. The third-order valence-corrected chi connectivity index (χ3v) is 4.95. The minimum Gasteiger partial charge on any atom is -0.465 e. The van der Waals surface area contributed by atoms with Crippen LogP contribution < -0.4 is 0 Å². The molecule has 2 aliphatic rings. The summed E-state index contributed by atoms with van der Waals surface area (Å²) in [7, 11) is 0. The molecule has 19 heavy (non-hydrogen) atoms. The molecule has 0 bridgehead atoms. The summed E-state index contributed by atoms with van der Waals surface area (Å²) in [4.78, 5) is 14.8. The standard InChI is InChI=1S/C12H17BrN4O2/c1-8-11(13)4-14-17(8)10-6-16(7-10)9-2-3-15(5-9)12(18)19/h4,9-10H,2-3,5-7H2,1H3,(H,18,19). The van der Waals surface area contributed by atoms with Crippen LogP contribution in [-0.4, -0.2) is 63.0 Å². The predicted molar refractivity (Wildman–Crippen MR) is 73.3 cm³/mol. The Morgan fingerprint density at radius 3 is 2.68 bits per heavy atom. The topological polar surface area (TPSA) is 61.6 Å². The summed E-state index contributed by atoms with van der Waals surface area (Å²) >= 11 is 3.47. The summed E-state index contributed by atoms with van der Waals surface area (Å²) in [5.41, 5.74) is 1.16. The van der Waals surface area contributed by atoms with Crippen LogP contribution in [0, 0.1) is 6.92 Å². The van der Waals surface area contributed by atoms with Gasteiger partial charge in [0.1, 0.15) is 0 Å². The molecular formula is C12H17BrN4O2. The van der Waals surface area contributed by atoms with Gasteiger partial charge in [0.15, 0.2) is 0 Å². The number of hydrogen-bond donors (Lipinski definition) is 1. The van der Waals surface area contributed by atoms with Gasteiger partial charge in [-0.1, -0.05) is 0 Å². The van der Waals surface area contributed by atoms with Crippen LogP contribution >= 0.6 is 15.9 Å². The zero-order valence-corrected chi connectivity index (χ0v) is 12.4. The van der Waals surface area contributed by atoms with Crippen LogP contribution in [0.3, 0.4) is 0 Å². The Kier molecular flexibility index (Phi) is 3.26. The van der Waals surface area contributed by atoms with Crippen LogP contribution in [0.25, 0.3) is 0 Å². The second-order valence-electron chi connectivity index (χ2n) is 5.30. The van der Waals surface area contributed by atoms with Crippen molar-refractivity contribution in [1.82, 2.24) is 19.6 Å². The van der Waals surface area contributed by atoms with Crippen molar-refractivity contribution in [2.24, 2.45) is 0 Å². The molecule has 7 heteroatoms. The maximum atomic E-state index is 10.9. The highest BCUT2D eigenvalue weighted by Gasteiger charge is 2.38. The number of nitrogens with zero attached hydrogens (tertiary/aromatic N) is 4. The molecule has 1 amide bonds. The average Bonchev–Trinajstić information content (AvgIpc) is 2.89. The van der Waals surface area contributed by atoms with E-state index in [0.29, 0.717) is 25.2 Å². The van der Waals surface area contributed by atoms with Gasteiger partial charge in [0.05, 0.1) is 16.7 Å². The summed E-state index contributed by atoms with van der Waals surface area (Å²) in [6, 6.07) is 0.803. The highest BCUT2D eigenvalue weighted by molar-refractivity contribution is 9.10. The molecule has 2 fully saturated rings. The lowest BCUT2D eigenvalue weighted by atomic mass is 10.0. The van der Waals surface area contributed by atoms with E-state index >= 15 is 0 Å². The zero-order chi connectivity index (χ0) is 13.6. The fourth-order valence-electron chi connectivity index (χ4n) is 2.92. The maximum Gasteiger partial charge on any atom is 0.407 e. The Morgan fingerprint density at radius 1 is 1.42 bits per heavy atom. The van der Waals surface area contributed by atoms with Gasteiger partial charge >= 0.3 is 6.09 Å². The Balaban J connectivity index is 1.56. The van der Waals surface area contributed by atoms with Crippen LogP contribution in [0.5, 0.6) is 0 Å². The quantitative estimate of drug-likeness (QED) is 0.895. The predicted octanol–water partition coefficient (Wildman–Crippen LogP) is 1.56. The molecule has 1 unspecified atom stereocenters. The lowest BCUT2D eigenvalue weighted by Crippen LogP contribution is -2.54. The highest BCUT2D eigenvalue weighted by atomic mass is 79.9. The molecule has 0 aromatic carbocycles. The monoisotopic (exact) mass is 328 g/mol. The smallest absolute Gasteiger partial charge is 0.407 e. The molecule has 6 nitrogen and oxygen atoms in total. The minimum absolute atomic E-state index is 0.381. The van der Waals surface area contributed by atoms with Gasteiger partial charge in [0.25, 0.3) is 0 Å². The van der Waals surface area contributed by atoms with Gasteiger partial charge < -0.3 is 10.0 Å². The van der Waals surface area contributed by atoms with Crippen LogP contribution in [0.1, 0.15) is 18.2 Å². The third kappa shape index (κ3) is 2.25. The van der Waals surface area contributed by atoms with Crippen molar-refractivity contribution in [2.45, 2.75) is 25.4 Å². The number of aromatic nitrogens is 2. The van der Waals surface area contributed by atoms with Gasteiger partial charge in [0, 0.05) is 37.9 Å². The van der Waals surface area contributed by atoms with Gasteiger partial charge in [-0.3, -0.25) is 9.58 Å². The van der Waals surface area contributed by atoms with E-state index in [1.54, 1.807) is 0 Å². The highest BCUT2D eigenvalue weighted by Crippen LogP contribution is 2.29. The summed E-state index contributed by atoms with van der Waals surface area (Å²) in [5.74, 6) is 0. The largest absolute Gasteiger partial charge is 0.465 e. The van der Waals surface area contributed by atoms with E-state index < -0.39 is 6.09 Å². The first-order valence-electron chi connectivity index (χ1n) is 6.48. The molecule has 1 N–H and O–H groups in total. The first-order valence-corrected chi connectivity index (χ1v) is 7.27. The second-order valence-corrected chi connectivity index (χ2v) is 6.16. The molecular weight excluding hydrogens is 312 g/mol. The summed E-state index contributed by atoms with van der Waals surface area (Å²) < 4.78 is 3.11. The zero-order valence-electron chi connectivity index (χ0n) is 10.8. The van der Waals surface area contributed by atoms with Crippen molar-refractivity contribution >= 4 is 22.0 Å². The second kappa shape index (κ2) is 4.79. The van der Waals surface area contributed by atoms with Gasteiger partial charge in [-0.05, 0) is 29.3 Å².